The zero-order valence-corrected chi connectivity index (χ0v) is 12.9. The van der Waals surface area contributed by atoms with Gasteiger partial charge in [-0.2, -0.15) is 0 Å². The number of nitro groups is 1. The number of para-hydroxylation sites is 1. The average molecular weight is 324 g/mol. The second-order valence-corrected chi connectivity index (χ2v) is 6.29. The number of phenolic OH excluding ortho intramolecular Hbond substituents is 1. The molecule has 1 amide bonds. The first-order valence-electron chi connectivity index (χ1n) is 6.06. The van der Waals surface area contributed by atoms with Crippen LogP contribution in [-0.4, -0.2) is 31.2 Å². The summed E-state index contributed by atoms with van der Waals surface area (Å²) in [5, 5.41) is 20.7. The van der Waals surface area contributed by atoms with Crippen LogP contribution in [0.3, 0.4) is 0 Å². The number of amides is 1. The lowest BCUT2D eigenvalue weighted by Crippen LogP contribution is -2.34. The van der Waals surface area contributed by atoms with Crippen LogP contribution in [0, 0.1) is 10.1 Å². The van der Waals surface area contributed by atoms with E-state index < -0.39 is 16.4 Å². The Kier molecular flexibility index (Phi) is 4.29. The number of aromatic hydroxyl groups is 1. The lowest BCUT2D eigenvalue weighted by atomic mass is 10.1. The van der Waals surface area contributed by atoms with Crippen molar-refractivity contribution in [2.45, 2.75) is 19.9 Å². The molecule has 1 aromatic rings. The smallest absolute Gasteiger partial charge is 0.311 e. The molecule has 0 unspecified atom stereocenters. The number of rotatable bonds is 3. The number of hydrogen-bond donors (Lipinski definition) is 1. The van der Waals surface area contributed by atoms with E-state index in [0.717, 1.165) is 11.8 Å². The van der Waals surface area contributed by atoms with Crippen molar-refractivity contribution in [1.82, 2.24) is 4.90 Å². The molecule has 1 saturated heterocycles. The van der Waals surface area contributed by atoms with E-state index in [0.29, 0.717) is 9.23 Å². The number of nitrogens with zero attached hydrogens (tertiary/aromatic N) is 2. The predicted octanol–water partition coefficient (Wildman–Crippen LogP) is 2.91. The predicted molar refractivity (Wildman–Crippen MR) is 84.9 cm³/mol. The Hall–Kier alpha value is -1.93. The van der Waals surface area contributed by atoms with Crippen molar-refractivity contribution < 1.29 is 14.8 Å². The Bertz CT molecular complexity index is 670. The van der Waals surface area contributed by atoms with Gasteiger partial charge in [-0.15, -0.1) is 0 Å². The Balaban J connectivity index is 2.42. The fourth-order valence-electron chi connectivity index (χ4n) is 1.88. The maximum atomic E-state index is 12.2. The molecule has 1 aromatic carbocycles. The van der Waals surface area contributed by atoms with Gasteiger partial charge < -0.3 is 5.11 Å². The van der Waals surface area contributed by atoms with E-state index >= 15 is 0 Å². The molecule has 1 fully saturated rings. The summed E-state index contributed by atoms with van der Waals surface area (Å²) >= 11 is 6.26. The number of phenols is 1. The van der Waals surface area contributed by atoms with Crippen LogP contribution in [0.25, 0.3) is 6.08 Å². The molecule has 1 aliphatic rings. The van der Waals surface area contributed by atoms with Gasteiger partial charge in [-0.05, 0) is 19.9 Å². The molecule has 0 spiro atoms. The summed E-state index contributed by atoms with van der Waals surface area (Å²) < 4.78 is 0.436. The van der Waals surface area contributed by atoms with Crippen molar-refractivity contribution in [3.8, 4) is 5.75 Å². The second-order valence-electron chi connectivity index (χ2n) is 4.62. The minimum atomic E-state index is -0.675. The monoisotopic (exact) mass is 324 g/mol. The third-order valence-corrected chi connectivity index (χ3v) is 4.20. The molecule has 1 N–H and O–H groups in total. The molecule has 1 heterocycles. The summed E-state index contributed by atoms with van der Waals surface area (Å²) in [6.45, 7) is 3.69. The highest BCUT2D eigenvalue weighted by molar-refractivity contribution is 8.26. The van der Waals surface area contributed by atoms with Crippen LogP contribution in [0.1, 0.15) is 19.4 Å². The maximum absolute atomic E-state index is 12.2. The van der Waals surface area contributed by atoms with Crippen LogP contribution in [0.5, 0.6) is 5.75 Å². The van der Waals surface area contributed by atoms with Crippen molar-refractivity contribution in [3.05, 3.63) is 38.8 Å². The lowest BCUT2D eigenvalue weighted by molar-refractivity contribution is -0.385. The maximum Gasteiger partial charge on any atom is 0.311 e. The van der Waals surface area contributed by atoms with Crippen molar-refractivity contribution in [1.29, 1.82) is 0 Å². The summed E-state index contributed by atoms with van der Waals surface area (Å²) in [7, 11) is 0. The van der Waals surface area contributed by atoms with Crippen LogP contribution in [0.2, 0.25) is 0 Å². The molecule has 0 saturated carbocycles. The molecule has 1 aliphatic heterocycles. The van der Waals surface area contributed by atoms with E-state index in [1.165, 1.54) is 29.2 Å². The fraction of sp³-hybridized carbons (Fsp3) is 0.231. The summed E-state index contributed by atoms with van der Waals surface area (Å²) in [6.07, 6.45) is 1.42. The lowest BCUT2D eigenvalue weighted by Gasteiger charge is -2.18. The van der Waals surface area contributed by atoms with E-state index in [9.17, 15) is 20.0 Å². The van der Waals surface area contributed by atoms with Crippen LogP contribution < -0.4 is 0 Å². The van der Waals surface area contributed by atoms with E-state index in [-0.39, 0.29) is 17.5 Å². The van der Waals surface area contributed by atoms with Crippen molar-refractivity contribution in [2.24, 2.45) is 0 Å². The van der Waals surface area contributed by atoms with Crippen molar-refractivity contribution in [3.63, 3.8) is 0 Å². The van der Waals surface area contributed by atoms with Crippen molar-refractivity contribution in [2.75, 3.05) is 0 Å². The number of thiocarbonyl (C=S) groups is 1. The normalized spacial score (nSPS) is 17.1. The molecule has 8 heteroatoms. The number of carbonyl (C=O) groups is 1. The van der Waals surface area contributed by atoms with Crippen molar-refractivity contribution >= 4 is 46.0 Å². The van der Waals surface area contributed by atoms with Gasteiger partial charge in [0.15, 0.2) is 0 Å². The van der Waals surface area contributed by atoms with E-state index in [2.05, 4.69) is 0 Å². The zero-order valence-electron chi connectivity index (χ0n) is 11.3. The number of nitro benzene ring substituents is 1. The second kappa shape index (κ2) is 5.82. The molecule has 0 aromatic heterocycles. The molecule has 0 bridgehead atoms. The topological polar surface area (TPSA) is 83.7 Å². The van der Waals surface area contributed by atoms with E-state index in [4.69, 9.17) is 12.2 Å². The van der Waals surface area contributed by atoms with E-state index in [1.54, 1.807) is 0 Å². The minimum absolute atomic E-state index is 0.0675. The van der Waals surface area contributed by atoms with E-state index in [1.807, 2.05) is 13.8 Å². The van der Waals surface area contributed by atoms with Crippen LogP contribution in [0.15, 0.2) is 23.1 Å². The summed E-state index contributed by atoms with van der Waals surface area (Å²) in [6, 6.07) is 4.09. The SMILES string of the molecule is CC(C)N1C(=O)/C(=C/c2cccc([N+](=O)[O-])c2O)SC1=S. The first kappa shape index (κ1) is 15.5. The fourth-order valence-corrected chi connectivity index (χ4v) is 3.39. The largest absolute Gasteiger partial charge is 0.502 e. The van der Waals surface area contributed by atoms with Crippen LogP contribution in [0.4, 0.5) is 5.69 Å². The number of benzene rings is 1. The van der Waals surface area contributed by atoms with Gasteiger partial charge in [-0.3, -0.25) is 19.8 Å². The molecular formula is C13H12N2O4S2. The highest BCUT2D eigenvalue weighted by Gasteiger charge is 2.34. The van der Waals surface area contributed by atoms with Crippen LogP contribution in [-0.2, 0) is 4.79 Å². The molecular weight excluding hydrogens is 312 g/mol. The first-order chi connectivity index (χ1) is 9.82. The Morgan fingerprint density at radius 2 is 2.14 bits per heavy atom. The van der Waals surface area contributed by atoms with Gasteiger partial charge in [-0.25, -0.2) is 0 Å². The summed E-state index contributed by atoms with van der Waals surface area (Å²) in [4.78, 5) is 24.2. The number of hydrogen-bond acceptors (Lipinski definition) is 6. The van der Waals surface area contributed by atoms with Gasteiger partial charge in [0.1, 0.15) is 4.32 Å². The van der Waals surface area contributed by atoms with Gasteiger partial charge in [0, 0.05) is 17.7 Å². The summed E-state index contributed by atoms with van der Waals surface area (Å²) in [5.41, 5.74) is -0.184. The Morgan fingerprint density at radius 1 is 1.48 bits per heavy atom. The number of carbonyl (C=O) groups excluding carboxylic acids is 1. The average Bonchev–Trinajstić information content (AvgIpc) is 2.66. The third-order valence-electron chi connectivity index (χ3n) is 2.87. The molecule has 2 rings (SSSR count). The molecule has 0 aliphatic carbocycles. The van der Waals surface area contributed by atoms with Crippen LogP contribution >= 0.6 is 24.0 Å². The van der Waals surface area contributed by atoms with Gasteiger partial charge in [0.05, 0.1) is 9.83 Å². The highest BCUT2D eigenvalue weighted by Crippen LogP contribution is 2.37. The van der Waals surface area contributed by atoms with Gasteiger partial charge in [0.2, 0.25) is 5.75 Å². The summed E-state index contributed by atoms with van der Waals surface area (Å²) in [5.74, 6) is -0.719. The Morgan fingerprint density at radius 3 is 2.67 bits per heavy atom. The molecule has 21 heavy (non-hydrogen) atoms. The number of thioether (sulfide) groups is 1. The molecule has 0 radical (unpaired) electrons. The molecule has 0 atom stereocenters. The van der Waals surface area contributed by atoms with Gasteiger partial charge in [-0.1, -0.05) is 36.1 Å². The first-order valence-corrected chi connectivity index (χ1v) is 7.29. The minimum Gasteiger partial charge on any atom is -0.502 e. The standard InChI is InChI=1S/C13H12N2O4S2/c1-7(2)14-12(17)10(21-13(14)20)6-8-4-3-5-9(11(8)16)15(18)19/h3-7,16H,1-2H3/b10-6-. The third kappa shape index (κ3) is 2.91. The molecule has 6 nitrogen and oxygen atoms in total. The zero-order chi connectivity index (χ0) is 15.7. The Labute approximate surface area is 130 Å². The van der Waals surface area contributed by atoms with Gasteiger partial charge in [0.25, 0.3) is 5.91 Å². The van der Waals surface area contributed by atoms with Gasteiger partial charge >= 0.3 is 5.69 Å². The quantitative estimate of drug-likeness (QED) is 0.398. The highest BCUT2D eigenvalue weighted by atomic mass is 32.2. The molecule has 110 valence electrons.